The summed E-state index contributed by atoms with van der Waals surface area (Å²) in [5.41, 5.74) is 3.37. The first kappa shape index (κ1) is 20.6. The molecule has 0 saturated heterocycles. The highest BCUT2D eigenvalue weighted by atomic mass is 19.1. The molecule has 144 valence electrons. The Kier molecular flexibility index (Phi) is 7.11. The van der Waals surface area contributed by atoms with Gasteiger partial charge in [0.2, 0.25) is 11.8 Å². The number of halogens is 1. The number of rotatable bonds is 7. The van der Waals surface area contributed by atoms with Crippen molar-refractivity contribution in [3.05, 3.63) is 65.0 Å². The fraction of sp³-hybridized carbons (Fsp3) is 0.364. The first-order valence-corrected chi connectivity index (χ1v) is 9.18. The van der Waals surface area contributed by atoms with Crippen LogP contribution in [-0.2, 0) is 16.0 Å². The monoisotopic (exact) mass is 370 g/mol. The third-order valence-corrected chi connectivity index (χ3v) is 4.58. The molecular weight excluding hydrogens is 343 g/mol. The third kappa shape index (κ3) is 5.64. The van der Waals surface area contributed by atoms with Crippen molar-refractivity contribution in [2.45, 2.75) is 40.0 Å². The lowest BCUT2D eigenvalue weighted by molar-refractivity contribution is -0.132. The molecule has 0 saturated carbocycles. The summed E-state index contributed by atoms with van der Waals surface area (Å²) in [6.07, 6.45) is 0.362. The van der Waals surface area contributed by atoms with E-state index in [4.69, 9.17) is 0 Å². The Morgan fingerprint density at radius 2 is 1.81 bits per heavy atom. The summed E-state index contributed by atoms with van der Waals surface area (Å²) in [4.78, 5) is 25.9. The second kappa shape index (κ2) is 9.31. The van der Waals surface area contributed by atoms with Crippen molar-refractivity contribution in [3.63, 3.8) is 0 Å². The van der Waals surface area contributed by atoms with Crippen LogP contribution in [0.25, 0.3) is 0 Å². The Morgan fingerprint density at radius 3 is 2.44 bits per heavy atom. The molecule has 2 amide bonds. The number of nitrogens with one attached hydrogen (secondary N) is 1. The van der Waals surface area contributed by atoms with Gasteiger partial charge in [-0.25, -0.2) is 4.39 Å². The van der Waals surface area contributed by atoms with Gasteiger partial charge in [0.1, 0.15) is 5.82 Å². The molecule has 0 heterocycles. The smallest absolute Gasteiger partial charge is 0.244 e. The van der Waals surface area contributed by atoms with Gasteiger partial charge in [-0.1, -0.05) is 50.2 Å². The maximum Gasteiger partial charge on any atom is 0.244 e. The van der Waals surface area contributed by atoms with Gasteiger partial charge in [-0.05, 0) is 42.0 Å². The third-order valence-electron chi connectivity index (χ3n) is 4.58. The molecule has 2 aromatic rings. The van der Waals surface area contributed by atoms with E-state index in [2.05, 4.69) is 19.2 Å². The topological polar surface area (TPSA) is 49.4 Å². The molecule has 1 N–H and O–H groups in total. The molecule has 2 rings (SSSR count). The zero-order valence-electron chi connectivity index (χ0n) is 16.4. The Balaban J connectivity index is 2.06. The number of anilines is 1. The molecule has 2 aromatic carbocycles. The van der Waals surface area contributed by atoms with E-state index in [0.29, 0.717) is 12.0 Å². The number of nitrogens with zero attached hydrogens (tertiary/aromatic N) is 1. The highest BCUT2D eigenvalue weighted by molar-refractivity contribution is 5.95. The van der Waals surface area contributed by atoms with Crippen LogP contribution in [0.2, 0.25) is 0 Å². The number of hydrogen-bond acceptors (Lipinski definition) is 2. The van der Waals surface area contributed by atoms with E-state index >= 15 is 0 Å². The Bertz CT molecular complexity index is 818. The molecule has 0 spiro atoms. The first-order valence-electron chi connectivity index (χ1n) is 9.18. The number of para-hydroxylation sites is 1. The van der Waals surface area contributed by atoms with Crippen molar-refractivity contribution in [3.8, 4) is 0 Å². The summed E-state index contributed by atoms with van der Waals surface area (Å²) < 4.78 is 13.8. The fourth-order valence-electron chi connectivity index (χ4n) is 3.00. The molecule has 0 aliphatic carbocycles. The van der Waals surface area contributed by atoms with Crippen LogP contribution in [0.3, 0.4) is 0 Å². The van der Waals surface area contributed by atoms with Crippen molar-refractivity contribution in [1.82, 2.24) is 4.90 Å². The summed E-state index contributed by atoms with van der Waals surface area (Å²) in [5, 5.41) is 2.95. The minimum Gasteiger partial charge on any atom is -0.333 e. The Morgan fingerprint density at radius 1 is 1.11 bits per heavy atom. The standard InChI is InChI=1S/C22H27FN2O2/c1-15(2)19-10-7-8-16(3)22(19)24-21(27)14-25(17(4)26)13-12-18-9-5-6-11-20(18)23/h5-11,15H,12-14H2,1-4H3,(H,24,27). The Hall–Kier alpha value is -2.69. The van der Waals surface area contributed by atoms with Gasteiger partial charge in [0.05, 0.1) is 6.54 Å². The molecule has 0 fully saturated rings. The minimum atomic E-state index is -0.299. The molecule has 0 unspecified atom stereocenters. The van der Waals surface area contributed by atoms with Crippen molar-refractivity contribution < 1.29 is 14.0 Å². The van der Waals surface area contributed by atoms with Crippen LogP contribution in [0.5, 0.6) is 0 Å². The lowest BCUT2D eigenvalue weighted by Gasteiger charge is -2.22. The average molecular weight is 370 g/mol. The van der Waals surface area contributed by atoms with Crippen LogP contribution >= 0.6 is 0 Å². The van der Waals surface area contributed by atoms with Crippen molar-refractivity contribution in [2.24, 2.45) is 0 Å². The van der Waals surface area contributed by atoms with Crippen LogP contribution in [-0.4, -0.2) is 29.8 Å². The molecule has 0 aliphatic rings. The lowest BCUT2D eigenvalue weighted by atomic mass is 9.98. The SMILES string of the molecule is CC(=O)N(CCc1ccccc1F)CC(=O)Nc1c(C)cccc1C(C)C. The van der Waals surface area contributed by atoms with E-state index in [9.17, 15) is 14.0 Å². The molecule has 0 atom stereocenters. The average Bonchev–Trinajstić information content (AvgIpc) is 2.61. The van der Waals surface area contributed by atoms with Crippen molar-refractivity contribution >= 4 is 17.5 Å². The van der Waals surface area contributed by atoms with Crippen LogP contribution in [0.4, 0.5) is 10.1 Å². The lowest BCUT2D eigenvalue weighted by Crippen LogP contribution is -2.38. The van der Waals surface area contributed by atoms with Gasteiger partial charge in [0.15, 0.2) is 0 Å². The Labute approximate surface area is 160 Å². The van der Waals surface area contributed by atoms with E-state index < -0.39 is 0 Å². The largest absolute Gasteiger partial charge is 0.333 e. The van der Waals surface area contributed by atoms with E-state index in [-0.39, 0.29) is 36.6 Å². The van der Waals surface area contributed by atoms with Gasteiger partial charge in [0.25, 0.3) is 0 Å². The number of aryl methyl sites for hydroxylation is 1. The van der Waals surface area contributed by atoms with E-state index in [1.165, 1.54) is 17.9 Å². The molecule has 0 aromatic heterocycles. The van der Waals surface area contributed by atoms with Crippen LogP contribution < -0.4 is 5.32 Å². The summed E-state index contributed by atoms with van der Waals surface area (Å²) >= 11 is 0. The van der Waals surface area contributed by atoms with Gasteiger partial charge in [0, 0.05) is 19.2 Å². The predicted octanol–water partition coefficient (Wildman–Crippen LogP) is 4.29. The quantitative estimate of drug-likeness (QED) is 0.790. The zero-order valence-corrected chi connectivity index (χ0v) is 16.4. The molecule has 0 aliphatic heterocycles. The van der Waals surface area contributed by atoms with Crippen LogP contribution in [0.1, 0.15) is 43.4 Å². The van der Waals surface area contributed by atoms with Gasteiger partial charge in [-0.3, -0.25) is 9.59 Å². The highest BCUT2D eigenvalue weighted by Gasteiger charge is 2.17. The first-order chi connectivity index (χ1) is 12.8. The van der Waals surface area contributed by atoms with Crippen molar-refractivity contribution in [1.29, 1.82) is 0 Å². The molecule has 0 bridgehead atoms. The summed E-state index contributed by atoms with van der Waals surface area (Å²) in [6, 6.07) is 12.4. The van der Waals surface area contributed by atoms with E-state index in [1.54, 1.807) is 18.2 Å². The maximum absolute atomic E-state index is 13.8. The second-order valence-electron chi connectivity index (χ2n) is 7.02. The van der Waals surface area contributed by atoms with E-state index in [1.807, 2.05) is 25.1 Å². The van der Waals surface area contributed by atoms with E-state index in [0.717, 1.165) is 16.8 Å². The van der Waals surface area contributed by atoms with Crippen LogP contribution in [0.15, 0.2) is 42.5 Å². The summed E-state index contributed by atoms with van der Waals surface area (Å²) in [7, 11) is 0. The molecule has 4 nitrogen and oxygen atoms in total. The van der Waals surface area contributed by atoms with Crippen LogP contribution in [0, 0.1) is 12.7 Å². The van der Waals surface area contributed by atoms with Gasteiger partial charge in [-0.15, -0.1) is 0 Å². The number of amides is 2. The number of benzene rings is 2. The van der Waals surface area contributed by atoms with Crippen molar-refractivity contribution in [2.75, 3.05) is 18.4 Å². The number of carbonyl (C=O) groups excluding carboxylic acids is 2. The number of carbonyl (C=O) groups is 2. The minimum absolute atomic E-state index is 0.0599. The molecule has 27 heavy (non-hydrogen) atoms. The number of hydrogen-bond donors (Lipinski definition) is 1. The fourth-order valence-corrected chi connectivity index (χ4v) is 3.00. The van der Waals surface area contributed by atoms with Gasteiger partial charge < -0.3 is 10.2 Å². The molecule has 0 radical (unpaired) electrons. The molecule has 5 heteroatoms. The van der Waals surface area contributed by atoms with Gasteiger partial charge in [-0.2, -0.15) is 0 Å². The highest BCUT2D eigenvalue weighted by Crippen LogP contribution is 2.27. The maximum atomic E-state index is 13.8. The predicted molar refractivity (Wildman–Crippen MR) is 106 cm³/mol. The zero-order chi connectivity index (χ0) is 20.0. The summed E-state index contributed by atoms with van der Waals surface area (Å²) in [5.74, 6) is -0.498. The molecular formula is C22H27FN2O2. The second-order valence-corrected chi connectivity index (χ2v) is 7.02. The summed E-state index contributed by atoms with van der Waals surface area (Å²) in [6.45, 7) is 7.73. The normalized spacial score (nSPS) is 10.7. The van der Waals surface area contributed by atoms with Gasteiger partial charge >= 0.3 is 0 Å².